The number of benzene rings is 1. The van der Waals surface area contributed by atoms with Crippen LogP contribution in [0.5, 0.6) is 5.75 Å². The highest BCUT2D eigenvalue weighted by molar-refractivity contribution is 5.78. The second kappa shape index (κ2) is 7.45. The SMILES string of the molecule is CCn1cc(CN2CCC(Oc3cc(C)ccc3F)(C(=O)O)CC2)cn1. The lowest BCUT2D eigenvalue weighted by atomic mass is 9.90. The number of aryl methyl sites for hydroxylation is 2. The van der Waals surface area contributed by atoms with Crippen LogP contribution in [0.2, 0.25) is 0 Å². The van der Waals surface area contributed by atoms with E-state index in [4.69, 9.17) is 4.74 Å². The Hall–Kier alpha value is -2.41. The number of rotatable bonds is 6. The molecule has 0 radical (unpaired) electrons. The maximum Gasteiger partial charge on any atom is 0.348 e. The van der Waals surface area contributed by atoms with Crippen molar-refractivity contribution in [1.82, 2.24) is 14.7 Å². The van der Waals surface area contributed by atoms with Gasteiger partial charge in [0, 0.05) is 50.8 Å². The van der Waals surface area contributed by atoms with E-state index in [1.165, 1.54) is 6.07 Å². The lowest BCUT2D eigenvalue weighted by molar-refractivity contribution is -0.160. The molecule has 0 aliphatic carbocycles. The van der Waals surface area contributed by atoms with Crippen molar-refractivity contribution in [3.8, 4) is 5.75 Å². The highest BCUT2D eigenvalue weighted by atomic mass is 19.1. The average molecular weight is 361 g/mol. The number of aromatic nitrogens is 2. The first-order valence-corrected chi connectivity index (χ1v) is 8.84. The van der Waals surface area contributed by atoms with Crippen molar-refractivity contribution in [1.29, 1.82) is 0 Å². The molecule has 26 heavy (non-hydrogen) atoms. The Kier molecular flexibility index (Phi) is 5.27. The molecule has 0 unspecified atom stereocenters. The van der Waals surface area contributed by atoms with E-state index in [0.717, 1.165) is 17.7 Å². The van der Waals surface area contributed by atoms with Gasteiger partial charge < -0.3 is 9.84 Å². The molecule has 3 rings (SSSR count). The Morgan fingerprint density at radius 1 is 1.38 bits per heavy atom. The number of hydrogen-bond acceptors (Lipinski definition) is 4. The van der Waals surface area contributed by atoms with Crippen LogP contribution in [-0.4, -0.2) is 44.4 Å². The van der Waals surface area contributed by atoms with Gasteiger partial charge in [0.25, 0.3) is 0 Å². The summed E-state index contributed by atoms with van der Waals surface area (Å²) in [6.07, 6.45) is 4.44. The van der Waals surface area contributed by atoms with E-state index in [2.05, 4.69) is 10.00 Å². The van der Waals surface area contributed by atoms with E-state index in [1.54, 1.807) is 12.1 Å². The molecule has 0 atom stereocenters. The van der Waals surface area contributed by atoms with Gasteiger partial charge in [-0.3, -0.25) is 9.58 Å². The lowest BCUT2D eigenvalue weighted by Gasteiger charge is -2.38. The van der Waals surface area contributed by atoms with Crippen LogP contribution in [0.3, 0.4) is 0 Å². The molecule has 2 heterocycles. The average Bonchev–Trinajstić information content (AvgIpc) is 3.07. The van der Waals surface area contributed by atoms with Gasteiger partial charge in [-0.05, 0) is 31.5 Å². The van der Waals surface area contributed by atoms with E-state index in [1.807, 2.05) is 30.9 Å². The van der Waals surface area contributed by atoms with Crippen molar-refractivity contribution < 1.29 is 19.0 Å². The largest absolute Gasteiger partial charge is 0.478 e. The molecule has 1 aliphatic rings. The standard InChI is InChI=1S/C19H24FN3O3/c1-3-23-13-15(11-21-23)12-22-8-6-19(7-9-22,18(24)25)26-17-10-14(2)4-5-16(17)20/h4-5,10-11,13H,3,6-9,12H2,1-2H3,(H,24,25). The second-order valence-electron chi connectivity index (χ2n) is 6.82. The van der Waals surface area contributed by atoms with Crippen LogP contribution in [0.15, 0.2) is 30.6 Å². The van der Waals surface area contributed by atoms with Crippen molar-refractivity contribution >= 4 is 5.97 Å². The number of halogens is 1. The van der Waals surface area contributed by atoms with Gasteiger partial charge in [-0.25, -0.2) is 9.18 Å². The van der Waals surface area contributed by atoms with Gasteiger partial charge in [-0.15, -0.1) is 0 Å². The number of carboxylic acids is 1. The summed E-state index contributed by atoms with van der Waals surface area (Å²) in [5.41, 5.74) is 0.534. The molecular formula is C19H24FN3O3. The molecule has 6 nitrogen and oxygen atoms in total. The number of hydrogen-bond donors (Lipinski definition) is 1. The minimum absolute atomic E-state index is 0.00470. The molecule has 0 bridgehead atoms. The predicted octanol–water partition coefficient (Wildman–Crippen LogP) is 2.85. The van der Waals surface area contributed by atoms with E-state index in [-0.39, 0.29) is 5.75 Å². The maximum absolute atomic E-state index is 14.0. The zero-order valence-electron chi connectivity index (χ0n) is 15.1. The van der Waals surface area contributed by atoms with E-state index >= 15 is 0 Å². The van der Waals surface area contributed by atoms with Gasteiger partial charge >= 0.3 is 5.97 Å². The van der Waals surface area contributed by atoms with Crippen molar-refractivity contribution in [2.45, 2.75) is 45.4 Å². The summed E-state index contributed by atoms with van der Waals surface area (Å²) in [5.74, 6) is -1.58. The number of ether oxygens (including phenoxy) is 1. The molecule has 2 aromatic rings. The predicted molar refractivity (Wildman–Crippen MR) is 94.5 cm³/mol. The summed E-state index contributed by atoms with van der Waals surface area (Å²) in [6, 6.07) is 4.49. The topological polar surface area (TPSA) is 67.6 Å². The molecule has 1 N–H and O–H groups in total. The highest BCUT2D eigenvalue weighted by Crippen LogP contribution is 2.31. The number of likely N-dealkylation sites (tertiary alicyclic amines) is 1. The van der Waals surface area contributed by atoms with Crippen LogP contribution >= 0.6 is 0 Å². The third-order valence-corrected chi connectivity index (χ3v) is 4.86. The third kappa shape index (κ3) is 3.88. The molecule has 140 valence electrons. The van der Waals surface area contributed by atoms with Crippen LogP contribution < -0.4 is 4.74 Å². The Morgan fingerprint density at radius 3 is 2.73 bits per heavy atom. The first-order valence-electron chi connectivity index (χ1n) is 8.84. The Labute approximate surface area is 152 Å². The van der Waals surface area contributed by atoms with Crippen molar-refractivity contribution in [3.05, 3.63) is 47.5 Å². The normalized spacial score (nSPS) is 17.2. The summed E-state index contributed by atoms with van der Waals surface area (Å²) < 4.78 is 21.6. The summed E-state index contributed by atoms with van der Waals surface area (Å²) in [4.78, 5) is 14.1. The molecule has 1 fully saturated rings. The number of nitrogens with zero attached hydrogens (tertiary/aromatic N) is 3. The van der Waals surface area contributed by atoms with E-state index in [9.17, 15) is 14.3 Å². The molecule has 7 heteroatoms. The first-order chi connectivity index (χ1) is 12.4. The highest BCUT2D eigenvalue weighted by Gasteiger charge is 2.44. The molecule has 0 saturated carbocycles. The van der Waals surface area contributed by atoms with Crippen LogP contribution in [0.4, 0.5) is 4.39 Å². The van der Waals surface area contributed by atoms with Crippen molar-refractivity contribution in [2.24, 2.45) is 0 Å². The van der Waals surface area contributed by atoms with Gasteiger partial charge in [0.05, 0.1) is 6.20 Å². The molecule has 1 aliphatic heterocycles. The number of carboxylic acid groups (broad SMARTS) is 1. The molecule has 1 aromatic heterocycles. The third-order valence-electron chi connectivity index (χ3n) is 4.86. The second-order valence-corrected chi connectivity index (χ2v) is 6.82. The molecule has 1 saturated heterocycles. The van der Waals surface area contributed by atoms with Crippen molar-refractivity contribution in [3.63, 3.8) is 0 Å². The zero-order chi connectivity index (χ0) is 18.7. The fourth-order valence-corrected chi connectivity index (χ4v) is 3.25. The minimum atomic E-state index is -1.39. The summed E-state index contributed by atoms with van der Waals surface area (Å²) >= 11 is 0. The number of carbonyl (C=O) groups is 1. The van der Waals surface area contributed by atoms with E-state index in [0.29, 0.717) is 32.5 Å². The summed E-state index contributed by atoms with van der Waals surface area (Å²) in [5, 5.41) is 14.0. The molecule has 0 amide bonds. The number of piperidine rings is 1. The van der Waals surface area contributed by atoms with Gasteiger partial charge in [0.1, 0.15) is 0 Å². The Balaban J connectivity index is 1.68. The monoisotopic (exact) mass is 361 g/mol. The van der Waals surface area contributed by atoms with Crippen LogP contribution in [-0.2, 0) is 17.9 Å². The summed E-state index contributed by atoms with van der Waals surface area (Å²) in [6.45, 7) is 6.51. The van der Waals surface area contributed by atoms with Gasteiger partial charge in [0.15, 0.2) is 11.6 Å². The van der Waals surface area contributed by atoms with Gasteiger partial charge in [-0.2, -0.15) is 5.10 Å². The quantitative estimate of drug-likeness (QED) is 0.857. The molecule has 1 aromatic carbocycles. The van der Waals surface area contributed by atoms with E-state index < -0.39 is 17.4 Å². The number of aliphatic carboxylic acids is 1. The fraction of sp³-hybridized carbons (Fsp3) is 0.474. The Morgan fingerprint density at radius 2 is 2.12 bits per heavy atom. The maximum atomic E-state index is 14.0. The molecular weight excluding hydrogens is 337 g/mol. The van der Waals surface area contributed by atoms with Crippen LogP contribution in [0, 0.1) is 12.7 Å². The fourth-order valence-electron chi connectivity index (χ4n) is 3.25. The zero-order valence-corrected chi connectivity index (χ0v) is 15.1. The smallest absolute Gasteiger partial charge is 0.348 e. The minimum Gasteiger partial charge on any atom is -0.478 e. The van der Waals surface area contributed by atoms with Gasteiger partial charge in [0.2, 0.25) is 5.60 Å². The van der Waals surface area contributed by atoms with Gasteiger partial charge in [-0.1, -0.05) is 6.07 Å². The lowest BCUT2D eigenvalue weighted by Crippen LogP contribution is -2.53. The summed E-state index contributed by atoms with van der Waals surface area (Å²) in [7, 11) is 0. The molecule has 0 spiro atoms. The van der Waals surface area contributed by atoms with Crippen LogP contribution in [0.25, 0.3) is 0 Å². The van der Waals surface area contributed by atoms with Crippen molar-refractivity contribution in [2.75, 3.05) is 13.1 Å². The Bertz CT molecular complexity index is 782. The first kappa shape index (κ1) is 18.4. The van der Waals surface area contributed by atoms with Crippen LogP contribution in [0.1, 0.15) is 30.9 Å².